The molecule has 3 rings (SSSR count). The number of hydrogen-bond acceptors (Lipinski definition) is 6. The Labute approximate surface area is 166 Å². The van der Waals surface area contributed by atoms with Crippen LogP contribution in [0.1, 0.15) is 16.8 Å². The fourth-order valence-corrected chi connectivity index (χ4v) is 3.05. The van der Waals surface area contributed by atoms with Gasteiger partial charge in [0.1, 0.15) is 24.4 Å². The summed E-state index contributed by atoms with van der Waals surface area (Å²) in [6, 6.07) is 4.06. The smallest absolute Gasteiger partial charge is 0.254 e. The molecule has 1 aromatic heterocycles. The zero-order valence-electron chi connectivity index (χ0n) is 15.8. The summed E-state index contributed by atoms with van der Waals surface area (Å²) in [6.07, 6.45) is 1.90. The molecule has 0 unspecified atom stereocenters. The molecule has 0 radical (unpaired) electrons. The Morgan fingerprint density at radius 2 is 1.90 bits per heavy atom. The SMILES string of the molecule is O=C(CN(CCCN1CCOCC1)C(=O)c1cc(F)cc(F)c1)Nc1ccon1. The van der Waals surface area contributed by atoms with E-state index >= 15 is 0 Å². The molecular formula is C19H22F2N4O4. The molecule has 10 heteroatoms. The summed E-state index contributed by atoms with van der Waals surface area (Å²) < 4.78 is 37.0. The molecule has 1 fully saturated rings. The summed E-state index contributed by atoms with van der Waals surface area (Å²) in [7, 11) is 0. The van der Waals surface area contributed by atoms with E-state index in [4.69, 9.17) is 4.74 Å². The molecule has 29 heavy (non-hydrogen) atoms. The molecule has 1 saturated heterocycles. The number of morpholine rings is 1. The third-order valence-electron chi connectivity index (χ3n) is 4.44. The zero-order chi connectivity index (χ0) is 20.6. The lowest BCUT2D eigenvalue weighted by atomic mass is 10.1. The van der Waals surface area contributed by atoms with Crippen LogP contribution in [0.5, 0.6) is 0 Å². The molecule has 0 atom stereocenters. The van der Waals surface area contributed by atoms with Crippen molar-refractivity contribution >= 4 is 17.6 Å². The van der Waals surface area contributed by atoms with Gasteiger partial charge in [-0.25, -0.2) is 8.78 Å². The van der Waals surface area contributed by atoms with E-state index in [1.54, 1.807) is 0 Å². The second kappa shape index (κ2) is 10.1. The number of nitrogens with one attached hydrogen (secondary N) is 1. The number of carbonyl (C=O) groups is 2. The number of benzene rings is 1. The summed E-state index contributed by atoms with van der Waals surface area (Å²) in [5, 5.41) is 6.09. The van der Waals surface area contributed by atoms with Gasteiger partial charge in [0.2, 0.25) is 5.91 Å². The van der Waals surface area contributed by atoms with Crippen molar-refractivity contribution in [3.63, 3.8) is 0 Å². The Balaban J connectivity index is 1.65. The Morgan fingerprint density at radius 1 is 1.17 bits per heavy atom. The van der Waals surface area contributed by atoms with Gasteiger partial charge in [-0.2, -0.15) is 0 Å². The molecule has 156 valence electrons. The maximum absolute atomic E-state index is 13.5. The van der Waals surface area contributed by atoms with Crippen LogP contribution >= 0.6 is 0 Å². The largest absolute Gasteiger partial charge is 0.379 e. The highest BCUT2D eigenvalue weighted by Crippen LogP contribution is 2.12. The summed E-state index contributed by atoms with van der Waals surface area (Å²) >= 11 is 0. The number of halogens is 2. The van der Waals surface area contributed by atoms with E-state index in [1.165, 1.54) is 17.2 Å². The topological polar surface area (TPSA) is 87.9 Å². The molecule has 0 spiro atoms. The van der Waals surface area contributed by atoms with E-state index < -0.39 is 23.4 Å². The Hall–Kier alpha value is -2.85. The van der Waals surface area contributed by atoms with Crippen LogP contribution < -0.4 is 5.32 Å². The summed E-state index contributed by atoms with van der Waals surface area (Å²) in [5.74, 6) is -2.61. The van der Waals surface area contributed by atoms with E-state index in [9.17, 15) is 18.4 Å². The van der Waals surface area contributed by atoms with Crippen molar-refractivity contribution in [3.05, 3.63) is 47.7 Å². The highest BCUT2D eigenvalue weighted by molar-refractivity contribution is 5.99. The van der Waals surface area contributed by atoms with Crippen LogP contribution in [-0.2, 0) is 9.53 Å². The highest BCUT2D eigenvalue weighted by Gasteiger charge is 2.21. The first-order valence-electron chi connectivity index (χ1n) is 9.27. The summed E-state index contributed by atoms with van der Waals surface area (Å²) in [6.45, 7) is 3.60. The minimum Gasteiger partial charge on any atom is -0.379 e. The second-order valence-electron chi connectivity index (χ2n) is 6.63. The average molecular weight is 408 g/mol. The molecule has 0 aliphatic carbocycles. The molecule has 1 N–H and O–H groups in total. The first-order valence-corrected chi connectivity index (χ1v) is 9.27. The normalized spacial score (nSPS) is 14.6. The highest BCUT2D eigenvalue weighted by atomic mass is 19.1. The molecule has 0 saturated carbocycles. The standard InChI is InChI=1S/C19H22F2N4O4/c20-15-10-14(11-16(21)12-15)19(27)25(4-1-3-24-5-8-28-9-6-24)13-18(26)22-17-2-7-29-23-17/h2,7,10-12H,1,3-6,8-9,13H2,(H,22,23,26). The Morgan fingerprint density at radius 3 is 2.55 bits per heavy atom. The van der Waals surface area contributed by atoms with Gasteiger partial charge in [0.05, 0.1) is 13.2 Å². The molecule has 2 amide bonds. The maximum atomic E-state index is 13.5. The lowest BCUT2D eigenvalue weighted by molar-refractivity contribution is -0.117. The predicted molar refractivity (Wildman–Crippen MR) is 99.3 cm³/mol. The average Bonchev–Trinajstić information content (AvgIpc) is 3.19. The molecule has 1 aliphatic rings. The van der Waals surface area contributed by atoms with Crippen molar-refractivity contribution in [2.75, 3.05) is 51.3 Å². The van der Waals surface area contributed by atoms with E-state index in [0.717, 1.165) is 31.8 Å². The summed E-state index contributed by atoms with van der Waals surface area (Å²) in [4.78, 5) is 28.6. The fourth-order valence-electron chi connectivity index (χ4n) is 3.05. The number of amides is 2. The molecule has 2 aromatic rings. The van der Waals surface area contributed by atoms with Gasteiger partial charge in [-0.3, -0.25) is 14.5 Å². The van der Waals surface area contributed by atoms with E-state index in [2.05, 4.69) is 19.9 Å². The lowest BCUT2D eigenvalue weighted by Gasteiger charge is -2.28. The Kier molecular flexibility index (Phi) is 7.25. The zero-order valence-corrected chi connectivity index (χ0v) is 15.8. The van der Waals surface area contributed by atoms with Gasteiger partial charge < -0.3 is 19.5 Å². The molecule has 1 aromatic carbocycles. The van der Waals surface area contributed by atoms with Crippen molar-refractivity contribution in [1.82, 2.24) is 15.0 Å². The number of rotatable bonds is 8. The van der Waals surface area contributed by atoms with Gasteiger partial charge in [0.15, 0.2) is 5.82 Å². The summed E-state index contributed by atoms with van der Waals surface area (Å²) in [5.41, 5.74) is -0.150. The molecular weight excluding hydrogens is 386 g/mol. The second-order valence-corrected chi connectivity index (χ2v) is 6.63. The van der Waals surface area contributed by atoms with Gasteiger partial charge in [-0.15, -0.1) is 0 Å². The van der Waals surface area contributed by atoms with Crippen LogP contribution in [0.4, 0.5) is 14.6 Å². The van der Waals surface area contributed by atoms with Crippen LogP contribution in [-0.4, -0.2) is 72.7 Å². The van der Waals surface area contributed by atoms with Gasteiger partial charge >= 0.3 is 0 Å². The maximum Gasteiger partial charge on any atom is 0.254 e. The first-order chi connectivity index (χ1) is 14.0. The van der Waals surface area contributed by atoms with E-state index in [0.29, 0.717) is 25.7 Å². The van der Waals surface area contributed by atoms with Crippen molar-refractivity contribution in [1.29, 1.82) is 0 Å². The monoisotopic (exact) mass is 408 g/mol. The number of hydrogen-bond donors (Lipinski definition) is 1. The molecule has 1 aliphatic heterocycles. The fraction of sp³-hybridized carbons (Fsp3) is 0.421. The number of carbonyl (C=O) groups excluding carboxylic acids is 2. The van der Waals surface area contributed by atoms with Crippen LogP contribution in [0, 0.1) is 11.6 Å². The van der Waals surface area contributed by atoms with Crippen molar-refractivity contribution in [3.8, 4) is 0 Å². The quantitative estimate of drug-likeness (QED) is 0.716. The third kappa shape index (κ3) is 6.33. The van der Waals surface area contributed by atoms with Crippen molar-refractivity contribution in [2.45, 2.75) is 6.42 Å². The van der Waals surface area contributed by atoms with Crippen LogP contribution in [0.3, 0.4) is 0 Å². The number of ether oxygens (including phenoxy) is 1. The van der Waals surface area contributed by atoms with E-state index in [-0.39, 0.29) is 24.5 Å². The number of anilines is 1. The van der Waals surface area contributed by atoms with Gasteiger partial charge in [0.25, 0.3) is 5.91 Å². The van der Waals surface area contributed by atoms with Crippen LogP contribution in [0.15, 0.2) is 35.1 Å². The van der Waals surface area contributed by atoms with Crippen LogP contribution in [0.25, 0.3) is 0 Å². The number of nitrogens with zero attached hydrogens (tertiary/aromatic N) is 3. The van der Waals surface area contributed by atoms with Gasteiger partial charge in [-0.1, -0.05) is 5.16 Å². The first kappa shape index (κ1) is 20.9. The van der Waals surface area contributed by atoms with Crippen molar-refractivity contribution < 1.29 is 27.6 Å². The van der Waals surface area contributed by atoms with Gasteiger partial charge in [-0.05, 0) is 18.6 Å². The molecule has 0 bridgehead atoms. The lowest BCUT2D eigenvalue weighted by Crippen LogP contribution is -2.41. The van der Waals surface area contributed by atoms with Crippen LogP contribution in [0.2, 0.25) is 0 Å². The molecule has 2 heterocycles. The predicted octanol–water partition coefficient (Wildman–Crippen LogP) is 1.76. The Bertz CT molecular complexity index is 805. The van der Waals surface area contributed by atoms with Gasteiger partial charge in [0, 0.05) is 43.9 Å². The third-order valence-corrected chi connectivity index (χ3v) is 4.44. The molecule has 8 nitrogen and oxygen atoms in total. The van der Waals surface area contributed by atoms with E-state index in [1.807, 2.05) is 0 Å². The van der Waals surface area contributed by atoms with Crippen molar-refractivity contribution in [2.24, 2.45) is 0 Å². The minimum atomic E-state index is -0.853. The number of aromatic nitrogens is 1. The minimum absolute atomic E-state index is 0.150.